The van der Waals surface area contributed by atoms with Crippen molar-refractivity contribution in [3.63, 3.8) is 0 Å². The first-order valence-corrected chi connectivity index (χ1v) is 18.5. The Bertz CT molecular complexity index is 2190. The molecular formula is C42H41F5N6O6. The summed E-state index contributed by atoms with van der Waals surface area (Å²) >= 11 is 0. The highest BCUT2D eigenvalue weighted by Crippen LogP contribution is 2.26. The predicted molar refractivity (Wildman–Crippen MR) is 207 cm³/mol. The molecule has 1 heterocycles. The fourth-order valence-corrected chi connectivity index (χ4v) is 6.50. The summed E-state index contributed by atoms with van der Waals surface area (Å²) in [7, 11) is 0. The molecule has 4 aromatic carbocycles. The van der Waals surface area contributed by atoms with Crippen molar-refractivity contribution in [2.45, 2.75) is 19.3 Å². The second-order valence-electron chi connectivity index (χ2n) is 13.6. The third-order valence-electron chi connectivity index (χ3n) is 9.54. The summed E-state index contributed by atoms with van der Waals surface area (Å²) in [6.45, 7) is -0.0895. The SMILES string of the molecule is N=C(Cc1ccc(F)c(C(=O)N2CCN(C(=O)CN(C=O)CCOCCNC(=O)c3c(F)cc(-c4cccc(CC(F)F)c4)cc3F)CC2)c1)c1ccccc1C(N)=O. The fourth-order valence-electron chi connectivity index (χ4n) is 6.50. The number of nitrogens with zero attached hydrogens (tertiary/aromatic N) is 3. The lowest BCUT2D eigenvalue weighted by Crippen LogP contribution is -2.52. The highest BCUT2D eigenvalue weighted by molar-refractivity contribution is 6.09. The number of carbonyl (C=O) groups is 5. The third-order valence-corrected chi connectivity index (χ3v) is 9.54. The number of rotatable bonds is 18. The maximum Gasteiger partial charge on any atom is 0.257 e. The van der Waals surface area contributed by atoms with E-state index in [1.54, 1.807) is 18.2 Å². The van der Waals surface area contributed by atoms with Crippen LogP contribution in [0.5, 0.6) is 0 Å². The van der Waals surface area contributed by atoms with Gasteiger partial charge in [0.2, 0.25) is 24.6 Å². The van der Waals surface area contributed by atoms with E-state index in [0.717, 1.165) is 18.2 Å². The number of hydrogen-bond acceptors (Lipinski definition) is 7. The molecule has 1 aliphatic heterocycles. The number of nitrogens with one attached hydrogen (secondary N) is 2. The van der Waals surface area contributed by atoms with E-state index in [1.807, 2.05) is 0 Å². The number of nitrogens with two attached hydrogens (primary N) is 1. The summed E-state index contributed by atoms with van der Waals surface area (Å²) in [4.78, 5) is 66.4. The van der Waals surface area contributed by atoms with E-state index in [4.69, 9.17) is 15.9 Å². The van der Waals surface area contributed by atoms with Gasteiger partial charge in [-0.05, 0) is 52.6 Å². The number of amides is 5. The van der Waals surface area contributed by atoms with Crippen molar-refractivity contribution in [1.29, 1.82) is 5.41 Å². The van der Waals surface area contributed by atoms with Crippen LogP contribution in [-0.4, -0.2) is 116 Å². The molecule has 0 aliphatic carbocycles. The van der Waals surface area contributed by atoms with Crippen LogP contribution in [-0.2, 0) is 27.2 Å². The molecule has 1 saturated heterocycles. The summed E-state index contributed by atoms with van der Waals surface area (Å²) in [5.41, 5.74) is 6.11. The quantitative estimate of drug-likeness (QED) is 0.0580. The van der Waals surface area contributed by atoms with E-state index in [1.165, 1.54) is 57.2 Å². The highest BCUT2D eigenvalue weighted by Gasteiger charge is 2.28. The molecule has 0 aromatic heterocycles. The van der Waals surface area contributed by atoms with Crippen molar-refractivity contribution in [1.82, 2.24) is 20.0 Å². The van der Waals surface area contributed by atoms with E-state index in [-0.39, 0.29) is 93.4 Å². The summed E-state index contributed by atoms with van der Waals surface area (Å²) in [6.07, 6.45) is -2.63. The van der Waals surface area contributed by atoms with Gasteiger partial charge in [0.05, 0.1) is 25.3 Å². The Balaban J connectivity index is 1.03. The van der Waals surface area contributed by atoms with Gasteiger partial charge in [-0.15, -0.1) is 0 Å². The maximum absolute atomic E-state index is 14.9. The molecule has 17 heteroatoms. The minimum absolute atomic E-state index is 0.00602. The number of carbonyl (C=O) groups excluding carboxylic acids is 5. The van der Waals surface area contributed by atoms with E-state index in [0.29, 0.717) is 23.1 Å². The molecule has 4 N–H and O–H groups in total. The zero-order valence-corrected chi connectivity index (χ0v) is 31.7. The minimum Gasteiger partial charge on any atom is -0.378 e. The Morgan fingerprint density at radius 2 is 1.47 bits per heavy atom. The number of halogens is 5. The van der Waals surface area contributed by atoms with Gasteiger partial charge in [-0.2, -0.15) is 0 Å². The lowest BCUT2D eigenvalue weighted by atomic mass is 9.96. The Kier molecular flexibility index (Phi) is 15.0. The van der Waals surface area contributed by atoms with Crippen molar-refractivity contribution in [2.75, 3.05) is 59.0 Å². The maximum atomic E-state index is 14.9. The molecular weight excluding hydrogens is 779 g/mol. The molecule has 1 aliphatic rings. The van der Waals surface area contributed by atoms with Crippen LogP contribution in [0.25, 0.3) is 11.1 Å². The van der Waals surface area contributed by atoms with E-state index in [2.05, 4.69) is 5.32 Å². The number of hydrogen-bond donors (Lipinski definition) is 3. The molecule has 0 spiro atoms. The molecule has 12 nitrogen and oxygen atoms in total. The first-order valence-electron chi connectivity index (χ1n) is 18.5. The Morgan fingerprint density at radius 1 is 0.797 bits per heavy atom. The van der Waals surface area contributed by atoms with Crippen molar-refractivity contribution < 1.29 is 50.7 Å². The van der Waals surface area contributed by atoms with Crippen LogP contribution in [0.3, 0.4) is 0 Å². The molecule has 310 valence electrons. The van der Waals surface area contributed by atoms with Gasteiger partial charge in [0.15, 0.2) is 0 Å². The third kappa shape index (κ3) is 11.6. The second-order valence-corrected chi connectivity index (χ2v) is 13.6. The zero-order valence-electron chi connectivity index (χ0n) is 31.7. The average Bonchev–Trinajstić information content (AvgIpc) is 3.21. The zero-order chi connectivity index (χ0) is 42.6. The van der Waals surface area contributed by atoms with Crippen LogP contribution in [0.4, 0.5) is 22.0 Å². The van der Waals surface area contributed by atoms with Gasteiger partial charge in [-0.3, -0.25) is 24.0 Å². The van der Waals surface area contributed by atoms with Crippen LogP contribution in [0.2, 0.25) is 0 Å². The molecule has 0 atom stereocenters. The molecule has 0 unspecified atom stereocenters. The van der Waals surface area contributed by atoms with Crippen LogP contribution < -0.4 is 11.1 Å². The van der Waals surface area contributed by atoms with Crippen molar-refractivity contribution in [3.05, 3.63) is 130 Å². The summed E-state index contributed by atoms with van der Waals surface area (Å²) in [5, 5.41) is 10.8. The second kappa shape index (κ2) is 20.3. The van der Waals surface area contributed by atoms with Gasteiger partial charge in [-0.25, -0.2) is 22.0 Å². The first kappa shape index (κ1) is 43.6. The minimum atomic E-state index is -2.59. The van der Waals surface area contributed by atoms with Crippen molar-refractivity contribution >= 4 is 35.8 Å². The van der Waals surface area contributed by atoms with Gasteiger partial charge in [0.25, 0.3) is 11.8 Å². The van der Waals surface area contributed by atoms with Crippen LogP contribution in [0.1, 0.15) is 47.8 Å². The van der Waals surface area contributed by atoms with Gasteiger partial charge in [-0.1, -0.05) is 48.5 Å². The van der Waals surface area contributed by atoms with Crippen LogP contribution in [0, 0.1) is 22.9 Å². The molecule has 5 rings (SSSR count). The Morgan fingerprint density at radius 3 is 2.14 bits per heavy atom. The van der Waals surface area contributed by atoms with Gasteiger partial charge >= 0.3 is 0 Å². The van der Waals surface area contributed by atoms with Gasteiger partial charge < -0.3 is 35.9 Å². The molecule has 59 heavy (non-hydrogen) atoms. The summed E-state index contributed by atoms with van der Waals surface area (Å²) < 4.78 is 75.5. The molecule has 0 radical (unpaired) electrons. The Labute approximate surface area is 336 Å². The number of alkyl halides is 2. The lowest BCUT2D eigenvalue weighted by molar-refractivity contribution is -0.137. The normalized spacial score (nSPS) is 12.6. The number of benzene rings is 4. The largest absolute Gasteiger partial charge is 0.378 e. The molecule has 1 fully saturated rings. The molecule has 0 saturated carbocycles. The number of piperazine rings is 1. The smallest absolute Gasteiger partial charge is 0.257 e. The van der Waals surface area contributed by atoms with Crippen molar-refractivity contribution in [3.8, 4) is 11.1 Å². The van der Waals surface area contributed by atoms with Gasteiger partial charge in [0.1, 0.15) is 23.0 Å². The van der Waals surface area contributed by atoms with E-state index < -0.39 is 59.5 Å². The first-order chi connectivity index (χ1) is 28.2. The van der Waals surface area contributed by atoms with E-state index in [9.17, 15) is 45.9 Å². The average molecular weight is 821 g/mol. The van der Waals surface area contributed by atoms with Crippen molar-refractivity contribution in [2.24, 2.45) is 5.73 Å². The summed E-state index contributed by atoms with van der Waals surface area (Å²) in [5.74, 6) is -5.75. The summed E-state index contributed by atoms with van der Waals surface area (Å²) in [6, 6.07) is 18.1. The molecule has 5 amide bonds. The fraction of sp³-hybridized carbons (Fsp3) is 0.286. The Hall–Kier alpha value is -6.49. The lowest BCUT2D eigenvalue weighted by Gasteiger charge is -2.35. The standard InChI is InChI=1S/C42H41F5N6O6/c43-33-9-8-27(20-36(48)30-6-1-2-7-31(30)40(49)56)19-32(33)42(58)53-13-11-52(12-14-53)38(55)24-51(25-54)15-17-59-16-10-50-41(57)39-34(44)22-29(23-35(39)45)28-5-3-4-26(18-28)21-37(46)47/h1-9,18-19,22-23,25,37,48H,10-17,20-21,24H2,(H2,49,56)(H,50,57). The number of primary amides is 1. The molecule has 0 bridgehead atoms. The predicted octanol–water partition coefficient (Wildman–Crippen LogP) is 4.48. The van der Waals surface area contributed by atoms with E-state index >= 15 is 0 Å². The monoisotopic (exact) mass is 820 g/mol. The topological polar surface area (TPSA) is 166 Å². The van der Waals surface area contributed by atoms with Gasteiger partial charge in [0, 0.05) is 68.9 Å². The van der Waals surface area contributed by atoms with Crippen LogP contribution in [0.15, 0.2) is 78.9 Å². The molecule has 4 aromatic rings. The number of ether oxygens (including phenoxy) is 1. The highest BCUT2D eigenvalue weighted by atomic mass is 19.3. The van der Waals surface area contributed by atoms with Crippen LogP contribution >= 0.6 is 0 Å².